The van der Waals surface area contributed by atoms with Crippen LogP contribution in [0.1, 0.15) is 29.6 Å². The summed E-state index contributed by atoms with van der Waals surface area (Å²) in [6.07, 6.45) is 6.13. The largest absolute Gasteiger partial charge is 0.396 e. The van der Waals surface area contributed by atoms with E-state index in [2.05, 4.69) is 4.98 Å². The van der Waals surface area contributed by atoms with E-state index in [0.717, 1.165) is 25.8 Å². The van der Waals surface area contributed by atoms with Crippen LogP contribution in [0.4, 0.5) is 0 Å². The fraction of sp³-hybridized carbons (Fsp3) is 0.643. The van der Waals surface area contributed by atoms with Crippen molar-refractivity contribution in [3.63, 3.8) is 0 Å². The van der Waals surface area contributed by atoms with Crippen molar-refractivity contribution >= 4 is 5.91 Å². The molecule has 5 heteroatoms. The van der Waals surface area contributed by atoms with Gasteiger partial charge in [-0.3, -0.25) is 4.79 Å². The molecule has 0 bridgehead atoms. The number of piperidine rings is 1. The van der Waals surface area contributed by atoms with Crippen LogP contribution >= 0.6 is 0 Å². The first-order valence-corrected chi connectivity index (χ1v) is 6.73. The van der Waals surface area contributed by atoms with Crippen LogP contribution in [0.15, 0.2) is 18.5 Å². The number of methoxy groups -OCH3 is 1. The van der Waals surface area contributed by atoms with E-state index in [9.17, 15) is 9.90 Å². The van der Waals surface area contributed by atoms with Crippen LogP contribution in [0.5, 0.6) is 0 Å². The van der Waals surface area contributed by atoms with Crippen LogP contribution in [0.3, 0.4) is 0 Å². The normalized spacial score (nSPS) is 23.6. The molecule has 1 aliphatic rings. The maximum absolute atomic E-state index is 12.3. The second-order valence-corrected chi connectivity index (χ2v) is 5.33. The van der Waals surface area contributed by atoms with Crippen molar-refractivity contribution in [3.05, 3.63) is 24.0 Å². The van der Waals surface area contributed by atoms with E-state index < -0.39 is 0 Å². The zero-order chi connectivity index (χ0) is 13.7. The minimum absolute atomic E-state index is 0.0381. The maximum Gasteiger partial charge on any atom is 0.255 e. The average molecular weight is 266 g/mol. The molecule has 0 aromatic carbocycles. The standard InChI is InChI=1S/C14H22N2O3/c1-19-8-5-14(11-17)4-2-7-16(10-14)13(18)12-3-6-15-9-12/h3,6,9,15,17H,2,4-5,7-8,10-11H2,1H3/t14-/m1/s1. The Bertz CT molecular complexity index is 405. The van der Waals surface area contributed by atoms with Gasteiger partial charge in [0.15, 0.2) is 0 Å². The fourth-order valence-corrected chi connectivity index (χ4v) is 2.75. The number of aliphatic hydroxyl groups is 1. The van der Waals surface area contributed by atoms with Gasteiger partial charge in [-0.1, -0.05) is 0 Å². The molecule has 1 atom stereocenters. The van der Waals surface area contributed by atoms with Gasteiger partial charge in [-0.05, 0) is 25.3 Å². The van der Waals surface area contributed by atoms with E-state index in [1.54, 1.807) is 25.6 Å². The molecule has 0 aliphatic carbocycles. The molecule has 106 valence electrons. The van der Waals surface area contributed by atoms with Crippen molar-refractivity contribution in [2.75, 3.05) is 33.4 Å². The monoisotopic (exact) mass is 266 g/mol. The van der Waals surface area contributed by atoms with Gasteiger partial charge >= 0.3 is 0 Å². The summed E-state index contributed by atoms with van der Waals surface area (Å²) in [7, 11) is 1.66. The Morgan fingerprint density at radius 3 is 3.11 bits per heavy atom. The lowest BCUT2D eigenvalue weighted by molar-refractivity contribution is 0.00899. The highest BCUT2D eigenvalue weighted by atomic mass is 16.5. The number of hydrogen-bond donors (Lipinski definition) is 2. The third-order valence-corrected chi connectivity index (χ3v) is 3.97. The van der Waals surface area contributed by atoms with Gasteiger partial charge in [0.05, 0.1) is 12.2 Å². The molecule has 2 heterocycles. The Kier molecular flexibility index (Phi) is 4.61. The molecule has 2 rings (SSSR count). The highest BCUT2D eigenvalue weighted by Crippen LogP contribution is 2.33. The van der Waals surface area contributed by atoms with Crippen LogP contribution in [0.2, 0.25) is 0 Å². The molecule has 0 saturated carbocycles. The Morgan fingerprint density at radius 2 is 2.47 bits per heavy atom. The number of ether oxygens (including phenoxy) is 1. The summed E-state index contributed by atoms with van der Waals surface area (Å²) in [6, 6.07) is 1.78. The minimum Gasteiger partial charge on any atom is -0.396 e. The lowest BCUT2D eigenvalue weighted by Gasteiger charge is -2.41. The predicted molar refractivity (Wildman–Crippen MR) is 71.9 cm³/mol. The summed E-state index contributed by atoms with van der Waals surface area (Å²) in [4.78, 5) is 17.1. The second kappa shape index (κ2) is 6.21. The first-order chi connectivity index (χ1) is 9.21. The summed E-state index contributed by atoms with van der Waals surface area (Å²) < 4.78 is 5.12. The number of nitrogens with one attached hydrogen (secondary N) is 1. The van der Waals surface area contributed by atoms with Crippen LogP contribution in [0, 0.1) is 5.41 Å². The highest BCUT2D eigenvalue weighted by molar-refractivity contribution is 5.94. The summed E-state index contributed by atoms with van der Waals surface area (Å²) in [5.74, 6) is 0.0381. The zero-order valence-corrected chi connectivity index (χ0v) is 11.4. The number of rotatable bonds is 5. The summed E-state index contributed by atoms with van der Waals surface area (Å²) in [6.45, 7) is 2.09. The van der Waals surface area contributed by atoms with Crippen molar-refractivity contribution in [2.24, 2.45) is 5.41 Å². The first kappa shape index (κ1) is 14.1. The number of carbonyl (C=O) groups excluding carboxylic acids is 1. The Balaban J connectivity index is 2.05. The number of carbonyl (C=O) groups is 1. The molecular weight excluding hydrogens is 244 g/mol. The molecule has 0 radical (unpaired) electrons. The number of aromatic nitrogens is 1. The van der Waals surface area contributed by atoms with Gasteiger partial charge in [0.2, 0.25) is 0 Å². The average Bonchev–Trinajstić information content (AvgIpc) is 2.99. The molecule has 5 nitrogen and oxygen atoms in total. The van der Waals surface area contributed by atoms with Gasteiger partial charge in [-0.2, -0.15) is 0 Å². The maximum atomic E-state index is 12.3. The molecule has 1 aliphatic heterocycles. The third-order valence-electron chi connectivity index (χ3n) is 3.97. The van der Waals surface area contributed by atoms with Crippen molar-refractivity contribution in [2.45, 2.75) is 19.3 Å². The molecule has 1 fully saturated rings. The first-order valence-electron chi connectivity index (χ1n) is 6.73. The van der Waals surface area contributed by atoms with Gasteiger partial charge in [-0.15, -0.1) is 0 Å². The summed E-state index contributed by atoms with van der Waals surface area (Å²) >= 11 is 0. The SMILES string of the molecule is COCC[C@]1(CO)CCCN(C(=O)c2cc[nH]c2)C1. The smallest absolute Gasteiger partial charge is 0.255 e. The highest BCUT2D eigenvalue weighted by Gasteiger charge is 2.36. The third kappa shape index (κ3) is 3.16. The van der Waals surface area contributed by atoms with Gasteiger partial charge in [0, 0.05) is 44.6 Å². The Hall–Kier alpha value is -1.33. The number of likely N-dealkylation sites (tertiary alicyclic amines) is 1. The summed E-state index contributed by atoms with van der Waals surface area (Å²) in [5, 5.41) is 9.70. The van der Waals surface area contributed by atoms with E-state index in [1.165, 1.54) is 0 Å². The second-order valence-electron chi connectivity index (χ2n) is 5.33. The molecule has 1 aromatic heterocycles. The number of H-pyrrole nitrogens is 1. The van der Waals surface area contributed by atoms with Crippen molar-refractivity contribution in [1.29, 1.82) is 0 Å². The quantitative estimate of drug-likeness (QED) is 0.843. The minimum atomic E-state index is -0.208. The van der Waals surface area contributed by atoms with E-state index in [1.807, 2.05) is 4.90 Å². The molecule has 0 unspecified atom stereocenters. The van der Waals surface area contributed by atoms with E-state index >= 15 is 0 Å². The molecule has 1 amide bonds. The van der Waals surface area contributed by atoms with E-state index in [4.69, 9.17) is 4.74 Å². The van der Waals surface area contributed by atoms with Crippen LogP contribution in [-0.4, -0.2) is 54.3 Å². The summed E-state index contributed by atoms with van der Waals surface area (Å²) in [5.41, 5.74) is 0.473. The van der Waals surface area contributed by atoms with Gasteiger partial charge in [-0.25, -0.2) is 0 Å². The Labute approximate surface area is 113 Å². The van der Waals surface area contributed by atoms with E-state index in [-0.39, 0.29) is 17.9 Å². The zero-order valence-electron chi connectivity index (χ0n) is 11.4. The van der Waals surface area contributed by atoms with Crippen LogP contribution < -0.4 is 0 Å². The molecule has 1 aromatic rings. The number of hydrogen-bond acceptors (Lipinski definition) is 3. The predicted octanol–water partition coefficient (Wildman–Crippen LogP) is 1.27. The molecule has 2 N–H and O–H groups in total. The molecule has 0 spiro atoms. The van der Waals surface area contributed by atoms with Crippen molar-refractivity contribution in [1.82, 2.24) is 9.88 Å². The van der Waals surface area contributed by atoms with Gasteiger partial charge in [0.1, 0.15) is 0 Å². The van der Waals surface area contributed by atoms with Crippen LogP contribution in [0.25, 0.3) is 0 Å². The topological polar surface area (TPSA) is 65.6 Å². The number of aromatic amines is 1. The lowest BCUT2D eigenvalue weighted by Crippen LogP contribution is -2.48. The Morgan fingerprint density at radius 1 is 1.63 bits per heavy atom. The van der Waals surface area contributed by atoms with Gasteiger partial charge in [0.25, 0.3) is 5.91 Å². The molecule has 1 saturated heterocycles. The number of aliphatic hydroxyl groups excluding tert-OH is 1. The fourth-order valence-electron chi connectivity index (χ4n) is 2.75. The van der Waals surface area contributed by atoms with Crippen LogP contribution in [-0.2, 0) is 4.74 Å². The van der Waals surface area contributed by atoms with Crippen molar-refractivity contribution < 1.29 is 14.6 Å². The molecular formula is C14H22N2O3. The van der Waals surface area contributed by atoms with Gasteiger partial charge < -0.3 is 19.7 Å². The van der Waals surface area contributed by atoms with E-state index in [0.29, 0.717) is 18.7 Å². The molecule has 19 heavy (non-hydrogen) atoms. The van der Waals surface area contributed by atoms with Crippen molar-refractivity contribution in [3.8, 4) is 0 Å². The number of amides is 1. The lowest BCUT2D eigenvalue weighted by atomic mass is 9.78. The number of nitrogens with zero attached hydrogens (tertiary/aromatic N) is 1.